The highest BCUT2D eigenvalue weighted by molar-refractivity contribution is 7.64. The SMILES string of the molecule is O=Cc1ccc(CC(P(O)O)P(O)O)cc1. The average Bonchev–Trinajstić information content (AvgIpc) is 2.25. The fraction of sp³-hybridized carbons (Fsp3) is 0.222. The van der Waals surface area contributed by atoms with E-state index in [0.29, 0.717) is 11.8 Å². The summed E-state index contributed by atoms with van der Waals surface area (Å²) in [6.07, 6.45) is 0.869. The number of hydrogen-bond acceptors (Lipinski definition) is 5. The van der Waals surface area contributed by atoms with Crippen LogP contribution >= 0.6 is 16.8 Å². The molecule has 1 aromatic carbocycles. The number of carbonyl (C=O) groups excluding carboxylic acids is 1. The topological polar surface area (TPSA) is 98.0 Å². The van der Waals surface area contributed by atoms with E-state index in [2.05, 4.69) is 0 Å². The summed E-state index contributed by atoms with van der Waals surface area (Å²) in [5.41, 5.74) is 1.24. The highest BCUT2D eigenvalue weighted by Crippen LogP contribution is 2.50. The van der Waals surface area contributed by atoms with E-state index < -0.39 is 22.2 Å². The lowest BCUT2D eigenvalue weighted by Gasteiger charge is -2.18. The van der Waals surface area contributed by atoms with Crippen molar-refractivity contribution in [1.29, 1.82) is 0 Å². The van der Waals surface area contributed by atoms with Gasteiger partial charge >= 0.3 is 0 Å². The quantitative estimate of drug-likeness (QED) is 0.468. The Morgan fingerprint density at radius 3 is 1.94 bits per heavy atom. The highest BCUT2D eigenvalue weighted by atomic mass is 31.2. The molecule has 0 radical (unpaired) electrons. The number of hydrogen-bond donors (Lipinski definition) is 4. The van der Waals surface area contributed by atoms with Crippen molar-refractivity contribution in [1.82, 2.24) is 0 Å². The van der Waals surface area contributed by atoms with Crippen LogP contribution in [-0.4, -0.2) is 31.3 Å². The van der Waals surface area contributed by atoms with Crippen LogP contribution in [0.1, 0.15) is 15.9 Å². The minimum atomic E-state index is -2.38. The minimum absolute atomic E-state index is 0.163. The summed E-state index contributed by atoms with van der Waals surface area (Å²) in [6, 6.07) is 6.48. The zero-order chi connectivity index (χ0) is 12.1. The normalized spacial score (nSPS) is 11.4. The zero-order valence-corrected chi connectivity index (χ0v) is 10.1. The maximum absolute atomic E-state index is 10.4. The van der Waals surface area contributed by atoms with Crippen molar-refractivity contribution < 1.29 is 24.4 Å². The monoisotopic (exact) mass is 262 g/mol. The van der Waals surface area contributed by atoms with Gasteiger partial charge in [0.15, 0.2) is 16.8 Å². The highest BCUT2D eigenvalue weighted by Gasteiger charge is 2.26. The van der Waals surface area contributed by atoms with E-state index in [1.165, 1.54) is 0 Å². The molecule has 0 saturated carbocycles. The van der Waals surface area contributed by atoms with Crippen molar-refractivity contribution in [3.05, 3.63) is 35.4 Å². The molecule has 0 amide bonds. The van der Waals surface area contributed by atoms with Crippen LogP contribution in [0.3, 0.4) is 0 Å². The molecule has 0 heterocycles. The predicted octanol–water partition coefficient (Wildman–Crippen LogP) is 0.961. The molecule has 0 atom stereocenters. The Bertz CT molecular complexity index is 330. The lowest BCUT2D eigenvalue weighted by Crippen LogP contribution is -2.07. The van der Waals surface area contributed by atoms with Crippen LogP contribution < -0.4 is 0 Å². The Morgan fingerprint density at radius 2 is 1.56 bits per heavy atom. The lowest BCUT2D eigenvalue weighted by atomic mass is 10.1. The van der Waals surface area contributed by atoms with Crippen LogP contribution in [0.2, 0.25) is 0 Å². The lowest BCUT2D eigenvalue weighted by molar-refractivity contribution is 0.112. The van der Waals surface area contributed by atoms with Gasteiger partial charge in [-0.15, -0.1) is 0 Å². The predicted molar refractivity (Wildman–Crippen MR) is 62.0 cm³/mol. The number of rotatable bonds is 5. The molecule has 1 aromatic rings. The fourth-order valence-electron chi connectivity index (χ4n) is 1.20. The van der Waals surface area contributed by atoms with E-state index in [9.17, 15) is 4.79 Å². The van der Waals surface area contributed by atoms with Crippen molar-refractivity contribution in [3.8, 4) is 0 Å². The Balaban J connectivity index is 2.73. The summed E-state index contributed by atoms with van der Waals surface area (Å²) in [6.45, 7) is 0. The first kappa shape index (κ1) is 13.7. The van der Waals surface area contributed by atoms with E-state index in [1.54, 1.807) is 24.3 Å². The Labute approximate surface area is 95.2 Å². The van der Waals surface area contributed by atoms with Gasteiger partial charge in [0, 0.05) is 5.56 Å². The molecule has 0 aliphatic rings. The van der Waals surface area contributed by atoms with Gasteiger partial charge in [-0.3, -0.25) is 4.79 Å². The largest absolute Gasteiger partial charge is 0.349 e. The first-order valence-electron chi connectivity index (χ1n) is 4.42. The molecule has 0 fully saturated rings. The molecule has 16 heavy (non-hydrogen) atoms. The molecular formula is C9H12O5P2. The maximum Gasteiger partial charge on any atom is 0.178 e. The standard InChI is InChI=1S/C9H12O5P2/c10-6-8-3-1-7(2-4-8)5-9(15(11)12)16(13)14/h1-4,6,9,11-14H,5H2. The summed E-state index contributed by atoms with van der Waals surface area (Å²) in [5, 5.41) is -0.938. The minimum Gasteiger partial charge on any atom is -0.349 e. The van der Waals surface area contributed by atoms with E-state index in [4.69, 9.17) is 19.6 Å². The summed E-state index contributed by atoms with van der Waals surface area (Å²) in [7, 11) is -4.76. The average molecular weight is 262 g/mol. The van der Waals surface area contributed by atoms with Crippen molar-refractivity contribution >= 4 is 23.0 Å². The van der Waals surface area contributed by atoms with Crippen LogP contribution in [-0.2, 0) is 6.42 Å². The van der Waals surface area contributed by atoms with Crippen LogP contribution in [0.4, 0.5) is 0 Å². The van der Waals surface area contributed by atoms with Crippen LogP contribution in [0, 0.1) is 0 Å². The van der Waals surface area contributed by atoms with Crippen LogP contribution in [0.15, 0.2) is 24.3 Å². The Hall–Kier alpha value is -0.410. The van der Waals surface area contributed by atoms with Gasteiger partial charge in [-0.25, -0.2) is 0 Å². The van der Waals surface area contributed by atoms with Gasteiger partial charge in [0.2, 0.25) is 0 Å². The number of aldehydes is 1. The molecule has 0 aromatic heterocycles. The van der Waals surface area contributed by atoms with Gasteiger partial charge in [-0.1, -0.05) is 24.3 Å². The van der Waals surface area contributed by atoms with E-state index in [0.717, 1.165) is 5.56 Å². The third-order valence-corrected chi connectivity index (χ3v) is 4.74. The molecule has 88 valence electrons. The van der Waals surface area contributed by atoms with Gasteiger partial charge in [0.05, 0.1) is 0 Å². The molecule has 7 heteroatoms. The Morgan fingerprint density at radius 1 is 1.06 bits per heavy atom. The first-order chi connectivity index (χ1) is 7.54. The van der Waals surface area contributed by atoms with Gasteiger partial charge in [-0.05, 0) is 12.0 Å². The summed E-state index contributed by atoms with van der Waals surface area (Å²) in [5.74, 6) is 0. The number of benzene rings is 1. The molecule has 5 nitrogen and oxygen atoms in total. The second-order valence-corrected chi connectivity index (χ2v) is 6.12. The second-order valence-electron chi connectivity index (χ2n) is 3.18. The molecular weight excluding hydrogens is 250 g/mol. The van der Waals surface area contributed by atoms with Crippen molar-refractivity contribution in [3.63, 3.8) is 0 Å². The molecule has 0 saturated heterocycles. The molecule has 0 unspecified atom stereocenters. The smallest absolute Gasteiger partial charge is 0.178 e. The molecule has 4 N–H and O–H groups in total. The maximum atomic E-state index is 10.4. The van der Waals surface area contributed by atoms with Crippen LogP contribution in [0.25, 0.3) is 0 Å². The first-order valence-corrected chi connectivity index (χ1v) is 7.06. The summed E-state index contributed by atoms with van der Waals surface area (Å²) < 4.78 is 0. The molecule has 0 bridgehead atoms. The van der Waals surface area contributed by atoms with E-state index in [-0.39, 0.29) is 6.42 Å². The molecule has 0 aliphatic heterocycles. The van der Waals surface area contributed by atoms with Gasteiger partial charge in [0.25, 0.3) is 0 Å². The van der Waals surface area contributed by atoms with Gasteiger partial charge < -0.3 is 19.6 Å². The van der Waals surface area contributed by atoms with Gasteiger partial charge in [0.1, 0.15) is 11.7 Å². The van der Waals surface area contributed by atoms with Crippen molar-refractivity contribution in [2.45, 2.75) is 11.8 Å². The molecule has 1 rings (SSSR count). The number of carbonyl (C=O) groups is 1. The molecule has 0 spiro atoms. The Kier molecular flexibility index (Phi) is 5.42. The van der Waals surface area contributed by atoms with Gasteiger partial charge in [-0.2, -0.15) is 0 Å². The van der Waals surface area contributed by atoms with E-state index >= 15 is 0 Å². The van der Waals surface area contributed by atoms with E-state index in [1.807, 2.05) is 0 Å². The van der Waals surface area contributed by atoms with Crippen molar-refractivity contribution in [2.24, 2.45) is 0 Å². The zero-order valence-electron chi connectivity index (χ0n) is 8.26. The fourth-order valence-corrected chi connectivity index (χ4v) is 2.69. The molecule has 0 aliphatic carbocycles. The summed E-state index contributed by atoms with van der Waals surface area (Å²) in [4.78, 5) is 46.4. The van der Waals surface area contributed by atoms with Crippen LogP contribution in [0.5, 0.6) is 0 Å². The van der Waals surface area contributed by atoms with Crippen molar-refractivity contribution in [2.75, 3.05) is 0 Å². The third-order valence-electron chi connectivity index (χ3n) is 2.07. The summed E-state index contributed by atoms with van der Waals surface area (Å²) >= 11 is 0. The second kappa shape index (κ2) is 6.36. The third kappa shape index (κ3) is 3.87.